The molecule has 2 nitrogen and oxygen atoms in total. The van der Waals surface area contributed by atoms with Gasteiger partial charge in [0.05, 0.1) is 11.7 Å². The van der Waals surface area contributed by atoms with Crippen molar-refractivity contribution in [3.05, 3.63) is 65.0 Å². The molecule has 1 atom stereocenters. The van der Waals surface area contributed by atoms with Gasteiger partial charge in [-0.3, -0.25) is 4.98 Å². The summed E-state index contributed by atoms with van der Waals surface area (Å²) in [7, 11) is 0. The molecule has 3 rings (SSSR count). The maximum Gasteiger partial charge on any atom is 0.126 e. The van der Waals surface area contributed by atoms with E-state index in [9.17, 15) is 8.78 Å². The summed E-state index contributed by atoms with van der Waals surface area (Å²) >= 11 is 0. The van der Waals surface area contributed by atoms with Crippen LogP contribution in [0.2, 0.25) is 0 Å². The zero-order chi connectivity index (χ0) is 13.9. The van der Waals surface area contributed by atoms with Gasteiger partial charge in [0.25, 0.3) is 0 Å². The topological polar surface area (TPSA) is 24.9 Å². The standard InChI is InChI=1S/C16H16F2N2/c17-13-8-11(9-14(18)10-13)5-7-19-15-4-3-12-2-1-6-20-16(12)15/h1-2,6,8-10,15,19H,3-5,7H2. The highest BCUT2D eigenvalue weighted by atomic mass is 19.1. The predicted molar refractivity (Wildman–Crippen MR) is 73.4 cm³/mol. The van der Waals surface area contributed by atoms with Crippen LogP contribution in [-0.4, -0.2) is 11.5 Å². The summed E-state index contributed by atoms with van der Waals surface area (Å²) in [6, 6.07) is 7.97. The number of rotatable bonds is 4. The third-order valence-electron chi connectivity index (χ3n) is 3.69. The van der Waals surface area contributed by atoms with Crippen LogP contribution in [0.15, 0.2) is 36.5 Å². The highest BCUT2D eigenvalue weighted by Gasteiger charge is 2.22. The Balaban J connectivity index is 1.59. The second-order valence-corrected chi connectivity index (χ2v) is 5.12. The molecule has 0 saturated carbocycles. The highest BCUT2D eigenvalue weighted by molar-refractivity contribution is 5.28. The van der Waals surface area contributed by atoms with E-state index in [0.717, 1.165) is 24.6 Å². The molecule has 1 aromatic carbocycles. The van der Waals surface area contributed by atoms with E-state index in [-0.39, 0.29) is 6.04 Å². The number of hydrogen-bond acceptors (Lipinski definition) is 2. The van der Waals surface area contributed by atoms with Gasteiger partial charge in [0, 0.05) is 12.3 Å². The molecule has 2 aromatic rings. The van der Waals surface area contributed by atoms with Crippen molar-refractivity contribution in [3.8, 4) is 0 Å². The van der Waals surface area contributed by atoms with Crippen molar-refractivity contribution in [2.75, 3.05) is 6.54 Å². The third-order valence-corrected chi connectivity index (χ3v) is 3.69. The summed E-state index contributed by atoms with van der Waals surface area (Å²) in [5, 5.41) is 3.42. The fraction of sp³-hybridized carbons (Fsp3) is 0.312. The lowest BCUT2D eigenvalue weighted by atomic mass is 10.1. The first-order chi connectivity index (χ1) is 9.72. The van der Waals surface area contributed by atoms with Crippen LogP contribution >= 0.6 is 0 Å². The van der Waals surface area contributed by atoms with Gasteiger partial charge in [-0.15, -0.1) is 0 Å². The molecule has 1 N–H and O–H groups in total. The number of aromatic nitrogens is 1. The van der Waals surface area contributed by atoms with Crippen LogP contribution in [0.1, 0.15) is 29.3 Å². The van der Waals surface area contributed by atoms with Gasteiger partial charge in [-0.25, -0.2) is 8.78 Å². The van der Waals surface area contributed by atoms with Crippen LogP contribution in [0.3, 0.4) is 0 Å². The minimum Gasteiger partial charge on any atom is -0.308 e. The number of pyridine rings is 1. The Morgan fingerprint density at radius 1 is 1.20 bits per heavy atom. The second-order valence-electron chi connectivity index (χ2n) is 5.12. The maximum atomic E-state index is 13.1. The molecule has 0 radical (unpaired) electrons. The Morgan fingerprint density at radius 2 is 2.00 bits per heavy atom. The van der Waals surface area contributed by atoms with E-state index >= 15 is 0 Å². The highest BCUT2D eigenvalue weighted by Crippen LogP contribution is 2.28. The normalized spacial score (nSPS) is 17.2. The molecule has 1 heterocycles. The summed E-state index contributed by atoms with van der Waals surface area (Å²) in [5.74, 6) is -1.04. The monoisotopic (exact) mass is 274 g/mol. The molecule has 0 saturated heterocycles. The van der Waals surface area contributed by atoms with E-state index in [0.29, 0.717) is 18.5 Å². The first-order valence-corrected chi connectivity index (χ1v) is 6.84. The van der Waals surface area contributed by atoms with Gasteiger partial charge in [-0.2, -0.15) is 0 Å². The molecule has 0 spiro atoms. The molecule has 104 valence electrons. The SMILES string of the molecule is Fc1cc(F)cc(CCNC2CCc3cccnc32)c1. The summed E-state index contributed by atoms with van der Waals surface area (Å²) in [5.41, 5.74) is 3.08. The van der Waals surface area contributed by atoms with Crippen molar-refractivity contribution in [1.82, 2.24) is 10.3 Å². The van der Waals surface area contributed by atoms with E-state index < -0.39 is 11.6 Å². The third kappa shape index (κ3) is 2.85. The van der Waals surface area contributed by atoms with E-state index in [1.165, 1.54) is 17.7 Å². The summed E-state index contributed by atoms with van der Waals surface area (Å²) < 4.78 is 26.2. The Hall–Kier alpha value is -1.81. The minimum atomic E-state index is -0.520. The number of nitrogens with one attached hydrogen (secondary N) is 1. The first kappa shape index (κ1) is 13.2. The van der Waals surface area contributed by atoms with E-state index in [2.05, 4.69) is 16.4 Å². The summed E-state index contributed by atoms with van der Waals surface area (Å²) in [6.45, 7) is 0.684. The lowest BCUT2D eigenvalue weighted by Crippen LogP contribution is -2.22. The van der Waals surface area contributed by atoms with E-state index in [1.54, 1.807) is 6.20 Å². The first-order valence-electron chi connectivity index (χ1n) is 6.84. The lowest BCUT2D eigenvalue weighted by molar-refractivity contribution is 0.522. The van der Waals surface area contributed by atoms with Crippen molar-refractivity contribution in [3.63, 3.8) is 0 Å². The largest absolute Gasteiger partial charge is 0.308 e. The molecule has 0 fully saturated rings. The van der Waals surface area contributed by atoms with Crippen molar-refractivity contribution >= 4 is 0 Å². The number of halogens is 2. The van der Waals surface area contributed by atoms with Crippen LogP contribution < -0.4 is 5.32 Å². The Morgan fingerprint density at radius 3 is 2.80 bits per heavy atom. The van der Waals surface area contributed by atoms with Crippen molar-refractivity contribution in [2.24, 2.45) is 0 Å². The van der Waals surface area contributed by atoms with Crippen LogP contribution in [0, 0.1) is 11.6 Å². The van der Waals surface area contributed by atoms with Gasteiger partial charge < -0.3 is 5.32 Å². The molecule has 20 heavy (non-hydrogen) atoms. The van der Waals surface area contributed by atoms with Crippen LogP contribution in [0.25, 0.3) is 0 Å². The summed E-state index contributed by atoms with van der Waals surface area (Å²) in [6.07, 6.45) is 4.48. The predicted octanol–water partition coefficient (Wildman–Crippen LogP) is 3.18. The Kier molecular flexibility index (Phi) is 3.74. The molecule has 1 aromatic heterocycles. The smallest absolute Gasteiger partial charge is 0.126 e. The quantitative estimate of drug-likeness (QED) is 0.926. The van der Waals surface area contributed by atoms with Gasteiger partial charge in [0.1, 0.15) is 11.6 Å². The number of fused-ring (bicyclic) bond motifs is 1. The number of hydrogen-bond donors (Lipinski definition) is 1. The van der Waals surface area contributed by atoms with Crippen LogP contribution in [-0.2, 0) is 12.8 Å². The number of nitrogens with zero attached hydrogens (tertiary/aromatic N) is 1. The van der Waals surface area contributed by atoms with Gasteiger partial charge in [0.2, 0.25) is 0 Å². The fourth-order valence-corrected chi connectivity index (χ4v) is 2.76. The van der Waals surface area contributed by atoms with Gasteiger partial charge in [-0.1, -0.05) is 6.07 Å². The average Bonchev–Trinajstić information content (AvgIpc) is 2.81. The van der Waals surface area contributed by atoms with Crippen LogP contribution in [0.4, 0.5) is 8.78 Å². The van der Waals surface area contributed by atoms with Crippen LogP contribution in [0.5, 0.6) is 0 Å². The molecule has 1 aliphatic carbocycles. The molecule has 0 amide bonds. The fourth-order valence-electron chi connectivity index (χ4n) is 2.76. The van der Waals surface area contributed by atoms with E-state index in [4.69, 9.17) is 0 Å². The van der Waals surface area contributed by atoms with Gasteiger partial charge in [-0.05, 0) is 55.1 Å². The maximum absolute atomic E-state index is 13.1. The van der Waals surface area contributed by atoms with Gasteiger partial charge >= 0.3 is 0 Å². The Labute approximate surface area is 116 Å². The van der Waals surface area contributed by atoms with Gasteiger partial charge in [0.15, 0.2) is 0 Å². The second kappa shape index (κ2) is 5.67. The number of benzene rings is 1. The summed E-state index contributed by atoms with van der Waals surface area (Å²) in [4.78, 5) is 4.41. The molecule has 0 bridgehead atoms. The minimum absolute atomic E-state index is 0.254. The lowest BCUT2D eigenvalue weighted by Gasteiger charge is -2.13. The zero-order valence-electron chi connectivity index (χ0n) is 11.1. The van der Waals surface area contributed by atoms with Crippen molar-refractivity contribution in [2.45, 2.75) is 25.3 Å². The van der Waals surface area contributed by atoms with E-state index in [1.807, 2.05) is 6.07 Å². The number of aryl methyl sites for hydroxylation is 1. The molecular formula is C16H16F2N2. The molecule has 1 unspecified atom stereocenters. The molecule has 4 heteroatoms. The molecular weight excluding hydrogens is 258 g/mol. The van der Waals surface area contributed by atoms with Crippen molar-refractivity contribution < 1.29 is 8.78 Å². The average molecular weight is 274 g/mol. The molecule has 0 aliphatic heterocycles. The van der Waals surface area contributed by atoms with Crippen molar-refractivity contribution in [1.29, 1.82) is 0 Å². The zero-order valence-corrected chi connectivity index (χ0v) is 11.1. The Bertz CT molecular complexity index is 593. The molecule has 1 aliphatic rings.